The number of aromatic nitrogens is 1. The number of hydrogen-bond donors (Lipinski definition) is 1. The number of nitrogens with one attached hydrogen (secondary N) is 1. The summed E-state index contributed by atoms with van der Waals surface area (Å²) in [6.07, 6.45) is 0. The Kier molecular flexibility index (Phi) is 5.09. The lowest BCUT2D eigenvalue weighted by atomic mass is 10.0. The molecule has 0 aliphatic carbocycles. The Morgan fingerprint density at radius 3 is 2.35 bits per heavy atom. The number of nitro groups is 1. The summed E-state index contributed by atoms with van der Waals surface area (Å²) in [6.45, 7) is 4.29. The highest BCUT2D eigenvalue weighted by Crippen LogP contribution is 2.27. The number of non-ortho nitro benzene ring substituents is 1. The number of rotatable bonds is 5. The Bertz CT molecular complexity index is 931. The monoisotopic (exact) mass is 367 g/mol. The van der Waals surface area contributed by atoms with Gasteiger partial charge in [-0.25, -0.2) is 4.98 Å². The minimum Gasteiger partial charge on any atom is -0.298 e. The second kappa shape index (κ2) is 7.45. The van der Waals surface area contributed by atoms with E-state index in [1.165, 1.54) is 41.2 Å². The molecule has 26 heavy (non-hydrogen) atoms. The quantitative estimate of drug-likeness (QED) is 0.502. The molecule has 1 heterocycles. The van der Waals surface area contributed by atoms with Crippen LogP contribution in [0.15, 0.2) is 53.9 Å². The van der Waals surface area contributed by atoms with E-state index in [-0.39, 0.29) is 11.6 Å². The number of hydrogen-bond acceptors (Lipinski definition) is 5. The first-order chi connectivity index (χ1) is 12.4. The standard InChI is InChI=1S/C19H17N3O3S/c1-12(2)13-3-5-14(6-4-13)17-11-26-19(20-17)21-18(23)15-7-9-16(10-8-15)22(24)25/h3-12H,1-2H3,(H,20,21,23). The maximum Gasteiger partial charge on any atom is 0.269 e. The molecule has 0 unspecified atom stereocenters. The molecule has 7 heteroatoms. The highest BCUT2D eigenvalue weighted by Gasteiger charge is 2.12. The van der Waals surface area contributed by atoms with E-state index < -0.39 is 4.92 Å². The van der Waals surface area contributed by atoms with Crippen LogP contribution in [-0.4, -0.2) is 15.8 Å². The van der Waals surface area contributed by atoms with Gasteiger partial charge in [0.2, 0.25) is 0 Å². The van der Waals surface area contributed by atoms with Crippen molar-refractivity contribution in [2.45, 2.75) is 19.8 Å². The molecule has 6 nitrogen and oxygen atoms in total. The van der Waals surface area contributed by atoms with Gasteiger partial charge in [0.15, 0.2) is 5.13 Å². The van der Waals surface area contributed by atoms with Crippen LogP contribution in [0.1, 0.15) is 35.7 Å². The maximum atomic E-state index is 12.2. The molecule has 132 valence electrons. The van der Waals surface area contributed by atoms with E-state index in [4.69, 9.17) is 0 Å². The number of carbonyl (C=O) groups excluding carboxylic acids is 1. The third kappa shape index (κ3) is 3.94. The minimum absolute atomic E-state index is 0.0528. The van der Waals surface area contributed by atoms with Crippen molar-refractivity contribution in [3.63, 3.8) is 0 Å². The average molecular weight is 367 g/mol. The van der Waals surface area contributed by atoms with Crippen molar-refractivity contribution in [3.8, 4) is 11.3 Å². The van der Waals surface area contributed by atoms with Crippen molar-refractivity contribution in [1.29, 1.82) is 0 Å². The zero-order chi connectivity index (χ0) is 18.7. The van der Waals surface area contributed by atoms with Gasteiger partial charge in [0.1, 0.15) is 0 Å². The Morgan fingerprint density at radius 2 is 1.77 bits per heavy atom. The first-order valence-electron chi connectivity index (χ1n) is 8.05. The van der Waals surface area contributed by atoms with Gasteiger partial charge < -0.3 is 0 Å². The van der Waals surface area contributed by atoms with Crippen LogP contribution in [0.25, 0.3) is 11.3 Å². The fourth-order valence-corrected chi connectivity index (χ4v) is 3.12. The molecule has 0 aliphatic rings. The predicted molar refractivity (Wildman–Crippen MR) is 103 cm³/mol. The first kappa shape index (κ1) is 17.8. The highest BCUT2D eigenvalue weighted by atomic mass is 32.1. The Labute approximate surface area is 154 Å². The van der Waals surface area contributed by atoms with Gasteiger partial charge in [0.25, 0.3) is 11.6 Å². The number of nitrogens with zero attached hydrogens (tertiary/aromatic N) is 2. The van der Waals surface area contributed by atoms with Gasteiger partial charge in [0.05, 0.1) is 10.6 Å². The van der Waals surface area contributed by atoms with Crippen LogP contribution in [0.2, 0.25) is 0 Å². The number of carbonyl (C=O) groups is 1. The van der Waals surface area contributed by atoms with Crippen molar-refractivity contribution in [2.24, 2.45) is 0 Å². The van der Waals surface area contributed by atoms with Gasteiger partial charge in [-0.15, -0.1) is 11.3 Å². The summed E-state index contributed by atoms with van der Waals surface area (Å²) in [6, 6.07) is 13.7. The fourth-order valence-electron chi connectivity index (χ4n) is 2.41. The molecular formula is C19H17N3O3S. The molecule has 3 rings (SSSR count). The molecule has 3 aromatic rings. The van der Waals surface area contributed by atoms with Gasteiger partial charge in [-0.2, -0.15) is 0 Å². The fraction of sp³-hybridized carbons (Fsp3) is 0.158. The van der Waals surface area contributed by atoms with Gasteiger partial charge in [-0.3, -0.25) is 20.2 Å². The van der Waals surface area contributed by atoms with Crippen molar-refractivity contribution in [2.75, 3.05) is 5.32 Å². The minimum atomic E-state index is -0.501. The Balaban J connectivity index is 1.71. The summed E-state index contributed by atoms with van der Waals surface area (Å²) in [5.74, 6) is 0.118. The van der Waals surface area contributed by atoms with Crippen LogP contribution in [0.3, 0.4) is 0 Å². The lowest BCUT2D eigenvalue weighted by Crippen LogP contribution is -2.11. The molecule has 2 aromatic carbocycles. The zero-order valence-electron chi connectivity index (χ0n) is 14.3. The van der Waals surface area contributed by atoms with E-state index in [1.54, 1.807) is 0 Å². The second-order valence-corrected chi connectivity index (χ2v) is 6.93. The number of anilines is 1. The number of thiazole rings is 1. The van der Waals surface area contributed by atoms with Crippen LogP contribution < -0.4 is 5.32 Å². The number of nitro benzene ring substituents is 1. The highest BCUT2D eigenvalue weighted by molar-refractivity contribution is 7.14. The van der Waals surface area contributed by atoms with Gasteiger partial charge in [-0.1, -0.05) is 38.1 Å². The van der Waals surface area contributed by atoms with E-state index in [1.807, 2.05) is 17.5 Å². The summed E-state index contributed by atoms with van der Waals surface area (Å²) >= 11 is 1.33. The summed E-state index contributed by atoms with van der Waals surface area (Å²) in [5.41, 5.74) is 3.33. The lowest BCUT2D eigenvalue weighted by Gasteiger charge is -2.05. The van der Waals surface area contributed by atoms with E-state index in [2.05, 4.69) is 36.3 Å². The Morgan fingerprint density at radius 1 is 1.12 bits per heavy atom. The maximum absolute atomic E-state index is 12.2. The predicted octanol–water partition coefficient (Wildman–Crippen LogP) is 5.09. The molecule has 1 N–H and O–H groups in total. The molecule has 0 aliphatic heterocycles. The summed E-state index contributed by atoms with van der Waals surface area (Å²) < 4.78 is 0. The summed E-state index contributed by atoms with van der Waals surface area (Å²) in [4.78, 5) is 26.9. The topological polar surface area (TPSA) is 85.1 Å². The van der Waals surface area contributed by atoms with E-state index in [9.17, 15) is 14.9 Å². The molecule has 0 atom stereocenters. The third-order valence-corrected chi connectivity index (χ3v) is 4.70. The molecule has 0 saturated carbocycles. The van der Waals surface area contributed by atoms with E-state index in [0.29, 0.717) is 16.6 Å². The van der Waals surface area contributed by atoms with Gasteiger partial charge in [0, 0.05) is 28.6 Å². The van der Waals surface area contributed by atoms with Crippen molar-refractivity contribution in [1.82, 2.24) is 4.98 Å². The lowest BCUT2D eigenvalue weighted by molar-refractivity contribution is -0.384. The van der Waals surface area contributed by atoms with Crippen LogP contribution in [0.4, 0.5) is 10.8 Å². The smallest absolute Gasteiger partial charge is 0.269 e. The normalized spacial score (nSPS) is 10.7. The van der Waals surface area contributed by atoms with Crippen LogP contribution in [0.5, 0.6) is 0 Å². The molecule has 0 bridgehead atoms. The van der Waals surface area contributed by atoms with Crippen molar-refractivity contribution < 1.29 is 9.72 Å². The molecule has 0 saturated heterocycles. The molecule has 0 spiro atoms. The summed E-state index contributed by atoms with van der Waals surface area (Å²) in [5, 5.41) is 15.8. The van der Waals surface area contributed by atoms with E-state index in [0.717, 1.165) is 11.3 Å². The first-order valence-corrected chi connectivity index (χ1v) is 8.93. The molecule has 1 aromatic heterocycles. The summed E-state index contributed by atoms with van der Waals surface area (Å²) in [7, 11) is 0. The largest absolute Gasteiger partial charge is 0.298 e. The second-order valence-electron chi connectivity index (χ2n) is 6.07. The average Bonchev–Trinajstić information content (AvgIpc) is 3.10. The van der Waals surface area contributed by atoms with Crippen molar-refractivity contribution >= 4 is 28.1 Å². The van der Waals surface area contributed by atoms with Crippen LogP contribution in [-0.2, 0) is 0 Å². The van der Waals surface area contributed by atoms with Gasteiger partial charge in [-0.05, 0) is 23.6 Å². The molecule has 1 amide bonds. The number of amides is 1. The molecule has 0 fully saturated rings. The Hall–Kier alpha value is -3.06. The van der Waals surface area contributed by atoms with E-state index >= 15 is 0 Å². The third-order valence-electron chi connectivity index (χ3n) is 3.94. The van der Waals surface area contributed by atoms with Crippen LogP contribution in [0, 0.1) is 10.1 Å². The van der Waals surface area contributed by atoms with Crippen LogP contribution >= 0.6 is 11.3 Å². The zero-order valence-corrected chi connectivity index (χ0v) is 15.1. The molecular weight excluding hydrogens is 350 g/mol. The number of benzene rings is 2. The molecule has 0 radical (unpaired) electrons. The SMILES string of the molecule is CC(C)c1ccc(-c2csc(NC(=O)c3ccc([N+](=O)[O-])cc3)n2)cc1. The van der Waals surface area contributed by atoms with Gasteiger partial charge >= 0.3 is 0 Å². The van der Waals surface area contributed by atoms with Crippen molar-refractivity contribution in [3.05, 3.63) is 75.2 Å².